The summed E-state index contributed by atoms with van der Waals surface area (Å²) in [5.41, 5.74) is 6.70. The third-order valence-corrected chi connectivity index (χ3v) is 1.94. The minimum atomic E-state index is -1.08. The second-order valence-electron chi connectivity index (χ2n) is 3.14. The van der Waals surface area contributed by atoms with Crippen LogP contribution in [-0.2, 0) is 19.2 Å². The first-order chi connectivity index (χ1) is 6.86. The highest BCUT2D eigenvalue weighted by Gasteiger charge is 2.25. The number of carbonyl (C=O) groups excluding carboxylic acids is 2. The first kappa shape index (κ1) is 13.4. The van der Waals surface area contributed by atoms with E-state index in [1.807, 2.05) is 5.48 Å². The molecule has 4 N–H and O–H groups in total. The van der Waals surface area contributed by atoms with Crippen molar-refractivity contribution < 1.29 is 24.3 Å². The zero-order valence-electron chi connectivity index (χ0n) is 8.52. The summed E-state index contributed by atoms with van der Waals surface area (Å²) in [6, 6.07) is 0. The molecule has 0 aromatic carbocycles. The van der Waals surface area contributed by atoms with Gasteiger partial charge >= 0.3 is 5.97 Å². The maximum Gasteiger partial charge on any atom is 0.307 e. The molecule has 0 rings (SSSR count). The monoisotopic (exact) mass is 218 g/mol. The van der Waals surface area contributed by atoms with Crippen LogP contribution in [0, 0.1) is 11.8 Å². The number of aliphatic carboxylic acids is 1. The van der Waals surface area contributed by atoms with E-state index in [0.29, 0.717) is 0 Å². The molecule has 0 aliphatic rings. The molecule has 0 aromatic rings. The number of carboxylic acids is 1. The molecule has 2 unspecified atom stereocenters. The van der Waals surface area contributed by atoms with Gasteiger partial charge in [0.05, 0.1) is 11.8 Å². The van der Waals surface area contributed by atoms with Crippen LogP contribution in [0.1, 0.15) is 13.8 Å². The third-order valence-electron chi connectivity index (χ3n) is 1.94. The lowest BCUT2D eigenvalue weighted by molar-refractivity contribution is -0.150. The van der Waals surface area contributed by atoms with Crippen molar-refractivity contribution in [2.75, 3.05) is 6.61 Å². The van der Waals surface area contributed by atoms with Crippen LogP contribution in [0.25, 0.3) is 0 Å². The second kappa shape index (κ2) is 5.97. The van der Waals surface area contributed by atoms with Gasteiger partial charge in [0.1, 0.15) is 0 Å². The smallest absolute Gasteiger partial charge is 0.307 e. The van der Waals surface area contributed by atoms with Gasteiger partial charge < -0.3 is 10.8 Å². The van der Waals surface area contributed by atoms with Gasteiger partial charge in [0.2, 0.25) is 11.8 Å². The maximum absolute atomic E-state index is 11.2. The number of hydroxylamine groups is 1. The van der Waals surface area contributed by atoms with Crippen molar-refractivity contribution in [1.29, 1.82) is 0 Å². The Morgan fingerprint density at radius 1 is 1.33 bits per heavy atom. The molecule has 15 heavy (non-hydrogen) atoms. The van der Waals surface area contributed by atoms with Crippen molar-refractivity contribution in [3.63, 3.8) is 0 Å². The zero-order chi connectivity index (χ0) is 12.0. The van der Waals surface area contributed by atoms with Gasteiger partial charge in [-0.1, -0.05) is 13.8 Å². The lowest BCUT2D eigenvalue weighted by atomic mass is 9.96. The molecule has 7 heteroatoms. The number of hydrogen-bond donors (Lipinski definition) is 3. The number of rotatable bonds is 6. The Morgan fingerprint density at radius 2 is 1.87 bits per heavy atom. The standard InChI is InChI=1S/C8H14N2O5/c1-4(5(2)8(13)14)7(12)10-15-3-6(9)11/h4-5H,3H2,1-2H3,(H2,9,11)(H,10,12)(H,13,14). The van der Waals surface area contributed by atoms with Crippen LogP contribution in [0.15, 0.2) is 0 Å². The minimum absolute atomic E-state index is 0.445. The number of nitrogens with one attached hydrogen (secondary N) is 1. The average Bonchev–Trinajstić information content (AvgIpc) is 2.14. The number of hydrogen-bond acceptors (Lipinski definition) is 4. The normalized spacial score (nSPS) is 14.0. The fourth-order valence-electron chi connectivity index (χ4n) is 0.712. The van der Waals surface area contributed by atoms with E-state index >= 15 is 0 Å². The number of carbonyl (C=O) groups is 3. The van der Waals surface area contributed by atoms with Crippen LogP contribution in [-0.4, -0.2) is 29.5 Å². The summed E-state index contributed by atoms with van der Waals surface area (Å²) >= 11 is 0. The molecule has 2 amide bonds. The van der Waals surface area contributed by atoms with E-state index in [2.05, 4.69) is 4.84 Å². The average molecular weight is 218 g/mol. The molecular formula is C8H14N2O5. The van der Waals surface area contributed by atoms with E-state index in [4.69, 9.17) is 10.8 Å². The Bertz CT molecular complexity index is 266. The number of carboxylic acid groups (broad SMARTS) is 1. The first-order valence-corrected chi connectivity index (χ1v) is 4.29. The van der Waals surface area contributed by atoms with E-state index in [1.54, 1.807) is 0 Å². The van der Waals surface area contributed by atoms with Gasteiger partial charge in [-0.15, -0.1) is 0 Å². The number of amides is 2. The molecule has 0 aliphatic carbocycles. The van der Waals surface area contributed by atoms with E-state index in [1.165, 1.54) is 13.8 Å². The van der Waals surface area contributed by atoms with Crippen LogP contribution in [0.5, 0.6) is 0 Å². The Labute approximate surface area is 86.5 Å². The summed E-state index contributed by atoms with van der Waals surface area (Å²) in [4.78, 5) is 36.4. The van der Waals surface area contributed by atoms with E-state index in [-0.39, 0.29) is 0 Å². The summed E-state index contributed by atoms with van der Waals surface area (Å²) in [5, 5.41) is 8.62. The number of primary amides is 1. The fraction of sp³-hybridized carbons (Fsp3) is 0.625. The van der Waals surface area contributed by atoms with Crippen molar-refractivity contribution in [3.05, 3.63) is 0 Å². The van der Waals surface area contributed by atoms with Gasteiger partial charge in [-0.25, -0.2) is 5.48 Å². The zero-order valence-corrected chi connectivity index (χ0v) is 8.52. The Balaban J connectivity index is 3.99. The van der Waals surface area contributed by atoms with Gasteiger partial charge in [0, 0.05) is 0 Å². The summed E-state index contributed by atoms with van der Waals surface area (Å²) < 4.78 is 0. The predicted molar refractivity (Wildman–Crippen MR) is 49.3 cm³/mol. The Hall–Kier alpha value is -1.63. The van der Waals surface area contributed by atoms with Crippen LogP contribution >= 0.6 is 0 Å². The van der Waals surface area contributed by atoms with Crippen molar-refractivity contribution in [2.24, 2.45) is 17.6 Å². The van der Waals surface area contributed by atoms with Crippen molar-refractivity contribution in [1.82, 2.24) is 5.48 Å². The molecule has 0 bridgehead atoms. The maximum atomic E-state index is 11.2. The molecule has 0 spiro atoms. The summed E-state index contributed by atoms with van der Waals surface area (Å²) in [5.74, 6) is -3.99. The second-order valence-corrected chi connectivity index (χ2v) is 3.14. The summed E-state index contributed by atoms with van der Waals surface area (Å²) in [6.07, 6.45) is 0. The van der Waals surface area contributed by atoms with Crippen LogP contribution in [0.2, 0.25) is 0 Å². The van der Waals surface area contributed by atoms with E-state index in [9.17, 15) is 14.4 Å². The largest absolute Gasteiger partial charge is 0.481 e. The highest BCUT2D eigenvalue weighted by atomic mass is 16.7. The highest BCUT2D eigenvalue weighted by Crippen LogP contribution is 2.10. The molecule has 2 atom stereocenters. The lowest BCUT2D eigenvalue weighted by Gasteiger charge is -2.14. The SMILES string of the molecule is CC(C(=O)O)C(C)C(=O)NOCC(N)=O. The van der Waals surface area contributed by atoms with E-state index < -0.39 is 36.2 Å². The van der Waals surface area contributed by atoms with Gasteiger partial charge in [0.15, 0.2) is 6.61 Å². The first-order valence-electron chi connectivity index (χ1n) is 4.29. The molecule has 0 heterocycles. The van der Waals surface area contributed by atoms with Gasteiger partial charge in [-0.2, -0.15) is 0 Å². The summed E-state index contributed by atoms with van der Waals surface area (Å²) in [6.45, 7) is 2.41. The molecule has 0 saturated carbocycles. The molecule has 0 fully saturated rings. The van der Waals surface area contributed by atoms with Gasteiger partial charge in [-0.3, -0.25) is 19.2 Å². The Morgan fingerprint density at radius 3 is 2.27 bits per heavy atom. The van der Waals surface area contributed by atoms with Gasteiger partial charge in [-0.05, 0) is 0 Å². The lowest BCUT2D eigenvalue weighted by Crippen LogP contribution is -2.37. The van der Waals surface area contributed by atoms with Crippen LogP contribution < -0.4 is 11.2 Å². The molecule has 0 saturated heterocycles. The fourth-order valence-corrected chi connectivity index (χ4v) is 0.712. The van der Waals surface area contributed by atoms with Crippen molar-refractivity contribution in [2.45, 2.75) is 13.8 Å². The molecule has 0 aliphatic heterocycles. The number of nitrogens with two attached hydrogens (primary N) is 1. The van der Waals surface area contributed by atoms with Crippen LogP contribution in [0.4, 0.5) is 0 Å². The van der Waals surface area contributed by atoms with Gasteiger partial charge in [0.25, 0.3) is 0 Å². The molecule has 7 nitrogen and oxygen atoms in total. The molecule has 0 radical (unpaired) electrons. The van der Waals surface area contributed by atoms with Crippen molar-refractivity contribution >= 4 is 17.8 Å². The van der Waals surface area contributed by atoms with Crippen LogP contribution in [0.3, 0.4) is 0 Å². The Kier molecular flexibility index (Phi) is 5.32. The highest BCUT2D eigenvalue weighted by molar-refractivity contribution is 5.83. The minimum Gasteiger partial charge on any atom is -0.481 e. The molecular weight excluding hydrogens is 204 g/mol. The molecule has 0 aromatic heterocycles. The van der Waals surface area contributed by atoms with E-state index in [0.717, 1.165) is 0 Å². The summed E-state index contributed by atoms with van der Waals surface area (Å²) in [7, 11) is 0. The van der Waals surface area contributed by atoms with Crippen molar-refractivity contribution in [3.8, 4) is 0 Å². The predicted octanol–water partition coefficient (Wildman–Crippen LogP) is -1.12. The third kappa shape index (κ3) is 4.96. The topological polar surface area (TPSA) is 119 Å². The quantitative estimate of drug-likeness (QED) is 0.488. The molecule has 86 valence electrons.